The molecule has 0 bridgehead atoms. The maximum absolute atomic E-state index is 12.7. The van der Waals surface area contributed by atoms with Gasteiger partial charge in [-0.2, -0.15) is 0 Å². The third-order valence-corrected chi connectivity index (χ3v) is 8.00. The molecule has 1 atom stereocenters. The van der Waals surface area contributed by atoms with Gasteiger partial charge in [-0.1, -0.05) is 23.2 Å². The lowest BCUT2D eigenvalue weighted by Crippen LogP contribution is -2.48. The van der Waals surface area contributed by atoms with Crippen LogP contribution in [0.3, 0.4) is 0 Å². The topological polar surface area (TPSA) is 83.5 Å². The second-order valence-electron chi connectivity index (χ2n) is 10.1. The fourth-order valence-corrected chi connectivity index (χ4v) is 5.73. The number of halogens is 2. The summed E-state index contributed by atoms with van der Waals surface area (Å²) in [5, 5.41) is 3.41. The van der Waals surface area contributed by atoms with Crippen LogP contribution in [0, 0.1) is 13.8 Å². The average Bonchev–Trinajstić information content (AvgIpc) is 2.92. The molecule has 1 saturated heterocycles. The number of anilines is 1. The molecular weight excluding hydrogens is 535 g/mol. The van der Waals surface area contributed by atoms with Gasteiger partial charge in [0.2, 0.25) is 5.88 Å². The zero-order valence-corrected chi connectivity index (χ0v) is 24.5. The number of nitrogens with zero attached hydrogens (tertiary/aromatic N) is 5. The van der Waals surface area contributed by atoms with Gasteiger partial charge in [0.1, 0.15) is 10.3 Å². The largest absolute Gasteiger partial charge is 0.481 e. The van der Waals surface area contributed by atoms with Gasteiger partial charge in [0, 0.05) is 56.7 Å². The molecule has 1 amide bonds. The van der Waals surface area contributed by atoms with Crippen LogP contribution in [0.2, 0.25) is 10.3 Å². The van der Waals surface area contributed by atoms with Crippen LogP contribution in [0.15, 0.2) is 42.9 Å². The Hall–Kier alpha value is -2.94. The highest BCUT2D eigenvalue weighted by Crippen LogP contribution is 2.28. The van der Waals surface area contributed by atoms with E-state index in [1.165, 1.54) is 11.1 Å². The maximum atomic E-state index is 12.7. The number of piperidine rings is 1. The molecule has 0 radical (unpaired) electrons. The van der Waals surface area contributed by atoms with E-state index < -0.39 is 0 Å². The number of methoxy groups -OCH3 is 1. The zero-order valence-electron chi connectivity index (χ0n) is 23.0. The molecule has 0 unspecified atom stereocenters. The number of likely N-dealkylation sites (tertiary alicyclic amines) is 1. The van der Waals surface area contributed by atoms with Crippen LogP contribution in [-0.4, -0.2) is 64.6 Å². The van der Waals surface area contributed by atoms with Gasteiger partial charge >= 0.3 is 0 Å². The predicted octanol–water partition coefficient (Wildman–Crippen LogP) is 5.48. The molecular formula is C29H36Cl2N6O2. The van der Waals surface area contributed by atoms with Crippen molar-refractivity contribution in [2.45, 2.75) is 58.7 Å². The highest BCUT2D eigenvalue weighted by Gasteiger charge is 2.28. The van der Waals surface area contributed by atoms with E-state index in [1.54, 1.807) is 13.2 Å². The van der Waals surface area contributed by atoms with Crippen LogP contribution >= 0.6 is 23.2 Å². The highest BCUT2D eigenvalue weighted by atomic mass is 35.5. The van der Waals surface area contributed by atoms with E-state index in [9.17, 15) is 4.79 Å². The van der Waals surface area contributed by atoms with Crippen molar-refractivity contribution in [2.24, 2.45) is 0 Å². The number of nitrogens with one attached hydrogen (secondary N) is 1. The van der Waals surface area contributed by atoms with Gasteiger partial charge in [-0.25, -0.2) is 9.97 Å². The molecule has 39 heavy (non-hydrogen) atoms. The van der Waals surface area contributed by atoms with Gasteiger partial charge in [-0.3, -0.25) is 9.78 Å². The minimum absolute atomic E-state index is 0.130. The molecule has 1 aliphatic heterocycles. The molecule has 1 fully saturated rings. The van der Waals surface area contributed by atoms with Gasteiger partial charge < -0.3 is 19.9 Å². The van der Waals surface area contributed by atoms with Gasteiger partial charge in [0.15, 0.2) is 0 Å². The Morgan fingerprint density at radius 3 is 2.59 bits per heavy atom. The average molecular weight is 572 g/mol. The Labute approximate surface area is 240 Å². The van der Waals surface area contributed by atoms with E-state index in [4.69, 9.17) is 27.9 Å². The summed E-state index contributed by atoms with van der Waals surface area (Å²) in [6.07, 6.45) is 8.60. The summed E-state index contributed by atoms with van der Waals surface area (Å²) >= 11 is 12.1. The first-order chi connectivity index (χ1) is 18.8. The molecule has 208 valence electrons. The summed E-state index contributed by atoms with van der Waals surface area (Å²) in [6.45, 7) is 9.46. The van der Waals surface area contributed by atoms with Crippen molar-refractivity contribution < 1.29 is 9.53 Å². The smallest absolute Gasteiger partial charge is 0.254 e. The number of hydrogen-bond donors (Lipinski definition) is 1. The first-order valence-electron chi connectivity index (χ1n) is 13.3. The molecule has 0 spiro atoms. The Bertz CT molecular complexity index is 1240. The van der Waals surface area contributed by atoms with Crippen molar-refractivity contribution in [2.75, 3.05) is 31.6 Å². The normalized spacial score (nSPS) is 15.1. The third kappa shape index (κ3) is 7.38. The van der Waals surface area contributed by atoms with Crippen LogP contribution in [-0.2, 0) is 6.54 Å². The number of aromatic nitrogens is 3. The van der Waals surface area contributed by atoms with E-state index in [1.807, 2.05) is 31.6 Å². The second kappa shape index (κ2) is 13.4. The molecule has 0 aromatic carbocycles. The first kappa shape index (κ1) is 29.1. The van der Waals surface area contributed by atoms with E-state index in [0.717, 1.165) is 44.6 Å². The number of amides is 1. The summed E-state index contributed by atoms with van der Waals surface area (Å²) in [6, 6.07) is 8.42. The number of carbonyl (C=O) groups is 1. The molecule has 1 aliphatic rings. The number of hydrogen-bond acceptors (Lipinski definition) is 7. The van der Waals surface area contributed by atoms with Gasteiger partial charge in [0.05, 0.1) is 24.6 Å². The van der Waals surface area contributed by atoms with Crippen molar-refractivity contribution in [3.63, 3.8) is 0 Å². The fourth-order valence-electron chi connectivity index (χ4n) is 5.11. The zero-order chi connectivity index (χ0) is 27.9. The number of pyridine rings is 3. The van der Waals surface area contributed by atoms with Crippen LogP contribution in [0.5, 0.6) is 5.88 Å². The summed E-state index contributed by atoms with van der Waals surface area (Å²) in [4.78, 5) is 30.5. The molecule has 10 heteroatoms. The SMILES string of the molecule is COc1ccc(N(Cc2cnccc2C)C2CCN([C@H](C)CCNC(=O)c3c(C)cc(Cl)nc3Cl)CC2)cn1. The van der Waals surface area contributed by atoms with Crippen LogP contribution in [0.4, 0.5) is 5.69 Å². The molecule has 3 aromatic rings. The standard InChI is InChI=1S/C29H36Cl2N6O2/c1-19-7-11-32-16-22(19)18-37(24-5-6-26(39-4)34-17-24)23-9-13-36(14-10-23)21(3)8-12-33-29(38)27-20(2)15-25(30)35-28(27)31/h5-7,11,15-17,21,23H,8-10,12-14,18H2,1-4H3,(H,33,38)/t21-/m1/s1. The molecule has 8 nitrogen and oxygen atoms in total. The first-order valence-corrected chi connectivity index (χ1v) is 14.0. The monoisotopic (exact) mass is 570 g/mol. The molecule has 0 aliphatic carbocycles. The number of ether oxygens (including phenoxy) is 1. The van der Waals surface area contributed by atoms with Crippen molar-refractivity contribution in [1.29, 1.82) is 0 Å². The Kier molecular flexibility index (Phi) is 9.99. The number of rotatable bonds is 10. The van der Waals surface area contributed by atoms with E-state index in [2.05, 4.69) is 56.0 Å². The molecule has 3 aromatic heterocycles. The minimum Gasteiger partial charge on any atom is -0.481 e. The van der Waals surface area contributed by atoms with Gasteiger partial charge in [-0.15, -0.1) is 0 Å². The summed E-state index contributed by atoms with van der Waals surface area (Å²) < 4.78 is 5.27. The van der Waals surface area contributed by atoms with Crippen LogP contribution in [0.25, 0.3) is 0 Å². The van der Waals surface area contributed by atoms with Crippen LogP contribution in [0.1, 0.15) is 53.2 Å². The lowest BCUT2D eigenvalue weighted by molar-refractivity contribution is 0.0944. The van der Waals surface area contributed by atoms with Crippen molar-refractivity contribution in [1.82, 2.24) is 25.2 Å². The Morgan fingerprint density at radius 1 is 1.18 bits per heavy atom. The Balaban J connectivity index is 1.34. The predicted molar refractivity (Wildman–Crippen MR) is 156 cm³/mol. The van der Waals surface area contributed by atoms with Gasteiger partial charge in [-0.05, 0) is 74.9 Å². The Morgan fingerprint density at radius 2 is 1.95 bits per heavy atom. The number of aryl methyl sites for hydroxylation is 2. The van der Waals surface area contributed by atoms with Crippen molar-refractivity contribution >= 4 is 34.8 Å². The highest BCUT2D eigenvalue weighted by molar-refractivity contribution is 6.34. The lowest BCUT2D eigenvalue weighted by atomic mass is 9.99. The summed E-state index contributed by atoms with van der Waals surface area (Å²) in [7, 11) is 1.63. The molecule has 1 N–H and O–H groups in total. The third-order valence-electron chi connectivity index (χ3n) is 7.53. The second-order valence-corrected chi connectivity index (χ2v) is 10.8. The molecule has 4 heterocycles. The van der Waals surface area contributed by atoms with Crippen LogP contribution < -0.4 is 15.0 Å². The quantitative estimate of drug-likeness (QED) is 0.323. The molecule has 4 rings (SSSR count). The summed E-state index contributed by atoms with van der Waals surface area (Å²) in [5.74, 6) is 0.388. The van der Waals surface area contributed by atoms with E-state index in [0.29, 0.717) is 35.6 Å². The van der Waals surface area contributed by atoms with Crippen molar-refractivity contribution in [3.05, 3.63) is 75.4 Å². The van der Waals surface area contributed by atoms with Gasteiger partial charge in [0.25, 0.3) is 5.91 Å². The molecule has 0 saturated carbocycles. The summed E-state index contributed by atoms with van der Waals surface area (Å²) in [5.41, 5.74) is 4.62. The maximum Gasteiger partial charge on any atom is 0.254 e. The van der Waals surface area contributed by atoms with E-state index >= 15 is 0 Å². The lowest BCUT2D eigenvalue weighted by Gasteiger charge is -2.42. The minimum atomic E-state index is -0.220. The number of carbonyl (C=O) groups excluding carboxylic acids is 1. The fraction of sp³-hybridized carbons (Fsp3) is 0.448. The van der Waals surface area contributed by atoms with Crippen molar-refractivity contribution in [3.8, 4) is 5.88 Å². The van der Waals surface area contributed by atoms with E-state index in [-0.39, 0.29) is 16.2 Å².